The Bertz CT molecular complexity index is 251. The van der Waals surface area contributed by atoms with E-state index in [1.165, 1.54) is 19.3 Å². The average molecular weight is 268 g/mol. The molecule has 3 heteroatoms. The maximum atomic E-state index is 12.5. The van der Waals surface area contributed by atoms with Gasteiger partial charge in [0.15, 0.2) is 0 Å². The smallest absolute Gasteiger partial charge is 0.224 e. The molecule has 0 heterocycles. The molecule has 0 bridgehead atoms. The van der Waals surface area contributed by atoms with Crippen molar-refractivity contribution >= 4 is 5.91 Å². The van der Waals surface area contributed by atoms with Crippen molar-refractivity contribution in [1.29, 1.82) is 0 Å². The third kappa shape index (κ3) is 5.94. The molecule has 1 rings (SSSR count). The maximum absolute atomic E-state index is 12.5. The lowest BCUT2D eigenvalue weighted by molar-refractivity contribution is -0.133. The summed E-state index contributed by atoms with van der Waals surface area (Å²) in [4.78, 5) is 14.5. The monoisotopic (exact) mass is 268 g/mol. The first-order chi connectivity index (χ1) is 9.11. The summed E-state index contributed by atoms with van der Waals surface area (Å²) in [7, 11) is 0. The number of hydrogen-bond donors (Lipinski definition) is 1. The molecule has 0 unspecified atom stereocenters. The van der Waals surface area contributed by atoms with Gasteiger partial charge in [-0.25, -0.2) is 0 Å². The lowest BCUT2D eigenvalue weighted by Gasteiger charge is -2.35. The van der Waals surface area contributed by atoms with Crippen LogP contribution in [-0.2, 0) is 4.79 Å². The number of nitrogens with two attached hydrogens (primary N) is 1. The largest absolute Gasteiger partial charge is 0.343 e. The molecule has 2 N–H and O–H groups in total. The molecule has 0 atom stereocenters. The Morgan fingerprint density at radius 1 is 1.05 bits per heavy atom. The second-order valence-electron chi connectivity index (χ2n) is 6.19. The molecule has 0 aromatic heterocycles. The summed E-state index contributed by atoms with van der Waals surface area (Å²) < 4.78 is 0. The van der Waals surface area contributed by atoms with Gasteiger partial charge in [-0.05, 0) is 25.7 Å². The van der Waals surface area contributed by atoms with Gasteiger partial charge in [-0.2, -0.15) is 0 Å². The van der Waals surface area contributed by atoms with E-state index in [1.807, 2.05) is 0 Å². The van der Waals surface area contributed by atoms with Crippen molar-refractivity contribution < 1.29 is 4.79 Å². The van der Waals surface area contributed by atoms with Crippen molar-refractivity contribution in [1.82, 2.24) is 4.90 Å². The van der Waals surface area contributed by atoms with Gasteiger partial charge in [0, 0.05) is 25.0 Å². The van der Waals surface area contributed by atoms with Crippen LogP contribution in [0.25, 0.3) is 0 Å². The Morgan fingerprint density at radius 3 is 2.05 bits per heavy atom. The van der Waals surface area contributed by atoms with E-state index in [-0.39, 0.29) is 11.4 Å². The molecule has 0 saturated heterocycles. The Labute approximate surface area is 118 Å². The van der Waals surface area contributed by atoms with Gasteiger partial charge in [0.05, 0.1) is 0 Å². The Balaban J connectivity index is 2.49. The van der Waals surface area contributed by atoms with Crippen LogP contribution in [0.1, 0.15) is 78.1 Å². The van der Waals surface area contributed by atoms with Crippen LogP contribution in [0, 0.1) is 0 Å². The summed E-state index contributed by atoms with van der Waals surface area (Å²) in [6.07, 6.45) is 10.8. The van der Waals surface area contributed by atoms with Gasteiger partial charge < -0.3 is 10.6 Å². The zero-order valence-electron chi connectivity index (χ0n) is 12.9. The van der Waals surface area contributed by atoms with Crippen LogP contribution in [-0.4, -0.2) is 29.4 Å². The van der Waals surface area contributed by atoms with E-state index >= 15 is 0 Å². The first kappa shape index (κ1) is 16.5. The zero-order valence-corrected chi connectivity index (χ0v) is 12.9. The Hall–Kier alpha value is -0.570. The molecule has 0 aromatic carbocycles. The van der Waals surface area contributed by atoms with Gasteiger partial charge >= 0.3 is 0 Å². The fourth-order valence-corrected chi connectivity index (χ4v) is 2.90. The number of hydrogen-bond acceptors (Lipinski definition) is 2. The molecule has 1 aliphatic carbocycles. The molecule has 1 saturated carbocycles. The third-order valence-corrected chi connectivity index (χ3v) is 4.27. The fraction of sp³-hybridized carbons (Fsp3) is 0.938. The Kier molecular flexibility index (Phi) is 7.44. The first-order valence-corrected chi connectivity index (χ1v) is 8.18. The molecular weight excluding hydrogens is 236 g/mol. The summed E-state index contributed by atoms with van der Waals surface area (Å²) in [6, 6.07) is 0. The molecule has 1 fully saturated rings. The minimum atomic E-state index is -0.216. The van der Waals surface area contributed by atoms with Gasteiger partial charge in [-0.15, -0.1) is 0 Å². The molecule has 3 nitrogen and oxygen atoms in total. The van der Waals surface area contributed by atoms with E-state index in [1.54, 1.807) is 0 Å². The van der Waals surface area contributed by atoms with Gasteiger partial charge in [0.1, 0.15) is 0 Å². The predicted molar refractivity (Wildman–Crippen MR) is 81.0 cm³/mol. The van der Waals surface area contributed by atoms with Crippen molar-refractivity contribution in [2.24, 2.45) is 5.73 Å². The molecular formula is C16H32N2O. The minimum absolute atomic E-state index is 0.216. The van der Waals surface area contributed by atoms with Crippen molar-refractivity contribution in [3.05, 3.63) is 0 Å². The zero-order chi connectivity index (χ0) is 14.1. The lowest BCUT2D eigenvalue weighted by Crippen LogP contribution is -2.47. The topological polar surface area (TPSA) is 46.3 Å². The van der Waals surface area contributed by atoms with E-state index in [0.29, 0.717) is 6.42 Å². The Morgan fingerprint density at radius 2 is 1.58 bits per heavy atom. The second kappa shape index (κ2) is 8.57. The van der Waals surface area contributed by atoms with E-state index in [4.69, 9.17) is 5.73 Å². The lowest BCUT2D eigenvalue weighted by atomic mass is 9.80. The summed E-state index contributed by atoms with van der Waals surface area (Å²) >= 11 is 0. The summed E-state index contributed by atoms with van der Waals surface area (Å²) in [5.74, 6) is 0.284. The van der Waals surface area contributed by atoms with E-state index in [2.05, 4.69) is 18.7 Å². The summed E-state index contributed by atoms with van der Waals surface area (Å²) in [5.41, 5.74) is 6.19. The SMILES string of the molecule is CCCCN(CCCC)C(=O)CC1(N)CCCCC1. The van der Waals surface area contributed by atoms with Crippen LogP contribution in [0.3, 0.4) is 0 Å². The predicted octanol–water partition coefficient (Wildman–Crippen LogP) is 3.47. The molecule has 1 amide bonds. The fourth-order valence-electron chi connectivity index (χ4n) is 2.90. The number of carbonyl (C=O) groups excluding carboxylic acids is 1. The number of amides is 1. The van der Waals surface area contributed by atoms with Crippen molar-refractivity contribution in [3.63, 3.8) is 0 Å². The molecule has 0 radical (unpaired) electrons. The molecule has 0 aliphatic heterocycles. The van der Waals surface area contributed by atoms with Gasteiger partial charge in [0.25, 0.3) is 0 Å². The minimum Gasteiger partial charge on any atom is -0.343 e. The number of nitrogens with zero attached hydrogens (tertiary/aromatic N) is 1. The van der Waals surface area contributed by atoms with Gasteiger partial charge in [-0.3, -0.25) is 4.79 Å². The highest BCUT2D eigenvalue weighted by Crippen LogP contribution is 2.29. The summed E-state index contributed by atoms with van der Waals surface area (Å²) in [5, 5.41) is 0. The van der Waals surface area contributed by atoms with Crippen LogP contribution < -0.4 is 5.73 Å². The summed E-state index contributed by atoms with van der Waals surface area (Å²) in [6.45, 7) is 6.17. The normalized spacial score (nSPS) is 18.3. The molecule has 1 aliphatic rings. The first-order valence-electron chi connectivity index (χ1n) is 8.18. The number of carbonyl (C=O) groups is 1. The van der Waals surface area contributed by atoms with Crippen molar-refractivity contribution in [2.45, 2.75) is 83.6 Å². The molecule has 0 aromatic rings. The van der Waals surface area contributed by atoms with Gasteiger partial charge in [0.2, 0.25) is 5.91 Å². The van der Waals surface area contributed by atoms with E-state index < -0.39 is 0 Å². The highest BCUT2D eigenvalue weighted by atomic mass is 16.2. The van der Waals surface area contributed by atoms with Gasteiger partial charge in [-0.1, -0.05) is 46.0 Å². The second-order valence-corrected chi connectivity index (χ2v) is 6.19. The van der Waals surface area contributed by atoms with Crippen LogP contribution >= 0.6 is 0 Å². The van der Waals surface area contributed by atoms with Crippen LogP contribution in [0.2, 0.25) is 0 Å². The molecule has 0 spiro atoms. The van der Waals surface area contributed by atoms with Crippen LogP contribution in [0.15, 0.2) is 0 Å². The highest BCUT2D eigenvalue weighted by Gasteiger charge is 2.31. The molecule has 19 heavy (non-hydrogen) atoms. The van der Waals surface area contributed by atoms with E-state index in [9.17, 15) is 4.79 Å². The van der Waals surface area contributed by atoms with E-state index in [0.717, 1.165) is 51.6 Å². The maximum Gasteiger partial charge on any atom is 0.224 e. The molecule has 112 valence electrons. The number of unbranched alkanes of at least 4 members (excludes halogenated alkanes) is 2. The number of rotatable bonds is 8. The van der Waals surface area contributed by atoms with Crippen molar-refractivity contribution in [3.8, 4) is 0 Å². The van der Waals surface area contributed by atoms with Crippen LogP contribution in [0.4, 0.5) is 0 Å². The third-order valence-electron chi connectivity index (χ3n) is 4.27. The van der Waals surface area contributed by atoms with Crippen molar-refractivity contribution in [2.75, 3.05) is 13.1 Å². The standard InChI is InChI=1S/C16H32N2O/c1-3-5-12-18(13-6-4-2)15(19)14-16(17)10-8-7-9-11-16/h3-14,17H2,1-2H3. The highest BCUT2D eigenvalue weighted by molar-refractivity contribution is 5.77. The van der Waals surface area contributed by atoms with Crippen LogP contribution in [0.5, 0.6) is 0 Å². The quantitative estimate of drug-likeness (QED) is 0.732. The average Bonchev–Trinajstić information content (AvgIpc) is 2.39.